The van der Waals surface area contributed by atoms with Crippen LogP contribution in [0.25, 0.3) is 0 Å². The van der Waals surface area contributed by atoms with E-state index in [1.54, 1.807) is 0 Å². The topological polar surface area (TPSA) is 12.5 Å². The molecule has 0 aromatic heterocycles. The van der Waals surface area contributed by atoms with Gasteiger partial charge in [-0.15, -0.1) is 0 Å². The van der Waals surface area contributed by atoms with Crippen LogP contribution in [-0.4, -0.2) is 37.7 Å². The number of likely N-dealkylation sites (N-methyl/N-ethyl adjacent to an activating group) is 1. The van der Waals surface area contributed by atoms with Crippen LogP contribution < -0.4 is 0 Å². The van der Waals surface area contributed by atoms with Crippen LogP contribution in [0.4, 0.5) is 0 Å². The largest absolute Gasteiger partial charge is 0.381 e. The minimum atomic E-state index is 0.352. The molecule has 1 heterocycles. The minimum absolute atomic E-state index is 0.352. The highest BCUT2D eigenvalue weighted by atomic mass is 35.5. The van der Waals surface area contributed by atoms with Crippen LogP contribution >= 0.6 is 11.6 Å². The third-order valence-electron chi connectivity index (χ3n) is 4.75. The van der Waals surface area contributed by atoms with Crippen molar-refractivity contribution in [1.82, 2.24) is 4.90 Å². The van der Waals surface area contributed by atoms with Crippen LogP contribution in [-0.2, 0) is 4.74 Å². The van der Waals surface area contributed by atoms with Gasteiger partial charge in [-0.25, -0.2) is 0 Å². The van der Waals surface area contributed by atoms with Crippen LogP contribution in [0, 0.1) is 5.92 Å². The number of nitrogens with zero attached hydrogens (tertiary/aromatic N) is 1. The summed E-state index contributed by atoms with van der Waals surface area (Å²) >= 11 is 6.04. The van der Waals surface area contributed by atoms with Gasteiger partial charge in [-0.2, -0.15) is 0 Å². The Labute approximate surface area is 140 Å². The lowest BCUT2D eigenvalue weighted by atomic mass is 9.85. The summed E-state index contributed by atoms with van der Waals surface area (Å²) in [4.78, 5) is 2.48. The van der Waals surface area contributed by atoms with Gasteiger partial charge in [0.05, 0.1) is 0 Å². The molecule has 1 aliphatic rings. The van der Waals surface area contributed by atoms with Gasteiger partial charge in [-0.1, -0.05) is 49.7 Å². The van der Waals surface area contributed by atoms with Crippen LogP contribution in [0.5, 0.6) is 0 Å². The zero-order valence-electron chi connectivity index (χ0n) is 14.0. The van der Waals surface area contributed by atoms with E-state index in [0.29, 0.717) is 17.9 Å². The maximum absolute atomic E-state index is 6.04. The lowest BCUT2D eigenvalue weighted by Crippen LogP contribution is -2.39. The number of benzene rings is 1. The molecule has 0 spiro atoms. The number of hydrogen-bond donors (Lipinski definition) is 0. The summed E-state index contributed by atoms with van der Waals surface area (Å²) in [5.41, 5.74) is 2.60. The highest BCUT2D eigenvalue weighted by molar-refractivity contribution is 6.30. The highest BCUT2D eigenvalue weighted by Gasteiger charge is 2.24. The van der Waals surface area contributed by atoms with Crippen molar-refractivity contribution in [3.8, 4) is 0 Å². The van der Waals surface area contributed by atoms with E-state index in [1.807, 2.05) is 12.1 Å². The molecule has 0 N–H and O–H groups in total. The van der Waals surface area contributed by atoms with Crippen molar-refractivity contribution >= 4 is 11.6 Å². The quantitative estimate of drug-likeness (QED) is 0.701. The van der Waals surface area contributed by atoms with Gasteiger partial charge in [0.15, 0.2) is 0 Å². The summed E-state index contributed by atoms with van der Waals surface area (Å²) < 4.78 is 5.48. The van der Waals surface area contributed by atoms with Gasteiger partial charge in [0.25, 0.3) is 0 Å². The summed E-state index contributed by atoms with van der Waals surface area (Å²) in [6.45, 7) is 11.6. The van der Waals surface area contributed by atoms with Crippen molar-refractivity contribution < 1.29 is 4.74 Å². The van der Waals surface area contributed by atoms with E-state index in [9.17, 15) is 0 Å². The predicted molar refractivity (Wildman–Crippen MR) is 94.6 cm³/mol. The molecule has 0 unspecified atom stereocenters. The van der Waals surface area contributed by atoms with E-state index in [2.05, 4.69) is 44.5 Å². The average Bonchev–Trinajstić information content (AvgIpc) is 2.53. The van der Waals surface area contributed by atoms with E-state index in [4.69, 9.17) is 16.3 Å². The second-order valence-corrected chi connectivity index (χ2v) is 7.05. The fourth-order valence-electron chi connectivity index (χ4n) is 3.10. The molecule has 2 nitrogen and oxygen atoms in total. The molecule has 2 rings (SSSR count). The summed E-state index contributed by atoms with van der Waals surface area (Å²) in [6.07, 6.45) is 2.25. The van der Waals surface area contributed by atoms with E-state index in [-0.39, 0.29) is 0 Å². The number of ether oxygens (including phenoxy) is 1. The first-order valence-corrected chi connectivity index (χ1v) is 8.59. The highest BCUT2D eigenvalue weighted by Crippen LogP contribution is 2.31. The summed E-state index contributed by atoms with van der Waals surface area (Å²) in [5, 5.41) is 0.787. The standard InChI is InChI=1S/C19H28ClNO/c1-14(2)15(3)19(16-5-7-17(20)8-6-16)13-21(4)18-9-11-22-12-10-18/h5-8,14,18-19H,3,9-13H2,1-2,4H3/t19-/m0/s1. The molecule has 0 amide bonds. The molecule has 0 radical (unpaired) electrons. The summed E-state index contributed by atoms with van der Waals surface area (Å²) in [6, 6.07) is 8.85. The normalized spacial score (nSPS) is 17.9. The molecule has 3 heteroatoms. The Morgan fingerprint density at radius 1 is 1.27 bits per heavy atom. The van der Waals surface area contributed by atoms with Gasteiger partial charge in [-0.05, 0) is 43.5 Å². The lowest BCUT2D eigenvalue weighted by molar-refractivity contribution is 0.0419. The van der Waals surface area contributed by atoms with Crippen molar-refractivity contribution in [2.45, 2.75) is 38.6 Å². The van der Waals surface area contributed by atoms with Gasteiger partial charge >= 0.3 is 0 Å². The van der Waals surface area contributed by atoms with E-state index < -0.39 is 0 Å². The smallest absolute Gasteiger partial charge is 0.0480 e. The zero-order valence-corrected chi connectivity index (χ0v) is 14.8. The van der Waals surface area contributed by atoms with Gasteiger partial charge in [-0.3, -0.25) is 0 Å². The Morgan fingerprint density at radius 3 is 2.41 bits per heavy atom. The minimum Gasteiger partial charge on any atom is -0.381 e. The molecule has 0 saturated carbocycles. The second-order valence-electron chi connectivity index (χ2n) is 6.62. The molecule has 1 aromatic rings. The molecule has 122 valence electrons. The number of rotatable bonds is 6. The Hall–Kier alpha value is -0.830. The summed E-state index contributed by atoms with van der Waals surface area (Å²) in [5.74, 6) is 0.828. The predicted octanol–water partition coefficient (Wildman–Crippen LogP) is 4.75. The van der Waals surface area contributed by atoms with Crippen molar-refractivity contribution in [3.05, 3.63) is 47.0 Å². The molecule has 1 saturated heterocycles. The molecule has 1 aromatic carbocycles. The van der Waals surface area contributed by atoms with Crippen LogP contribution in [0.1, 0.15) is 38.2 Å². The lowest BCUT2D eigenvalue weighted by Gasteiger charge is -2.35. The Morgan fingerprint density at radius 2 is 1.86 bits per heavy atom. The molecular formula is C19H28ClNO. The number of halogens is 1. The van der Waals surface area contributed by atoms with Crippen LogP contribution in [0.3, 0.4) is 0 Å². The molecule has 1 fully saturated rings. The van der Waals surface area contributed by atoms with Gasteiger partial charge < -0.3 is 9.64 Å². The van der Waals surface area contributed by atoms with Gasteiger partial charge in [0, 0.05) is 36.7 Å². The maximum atomic E-state index is 6.04. The molecule has 1 atom stereocenters. The SMILES string of the molecule is C=C(C(C)C)[C@H](CN(C)C1CCOCC1)c1ccc(Cl)cc1. The van der Waals surface area contributed by atoms with E-state index >= 15 is 0 Å². The number of hydrogen-bond acceptors (Lipinski definition) is 2. The third kappa shape index (κ3) is 4.58. The Bertz CT molecular complexity index is 477. The summed E-state index contributed by atoms with van der Waals surface area (Å²) in [7, 11) is 2.23. The van der Waals surface area contributed by atoms with Crippen molar-refractivity contribution in [2.75, 3.05) is 26.8 Å². The maximum Gasteiger partial charge on any atom is 0.0480 e. The molecule has 0 bridgehead atoms. The Kier molecular flexibility index (Phi) is 6.49. The zero-order chi connectivity index (χ0) is 16.1. The molecule has 0 aliphatic carbocycles. The molecular weight excluding hydrogens is 294 g/mol. The average molecular weight is 322 g/mol. The van der Waals surface area contributed by atoms with Crippen LogP contribution in [0.15, 0.2) is 36.4 Å². The van der Waals surface area contributed by atoms with Gasteiger partial charge in [0.1, 0.15) is 0 Å². The monoisotopic (exact) mass is 321 g/mol. The van der Waals surface area contributed by atoms with Crippen molar-refractivity contribution in [2.24, 2.45) is 5.92 Å². The first-order valence-electron chi connectivity index (χ1n) is 8.21. The molecule has 1 aliphatic heterocycles. The first kappa shape index (κ1) is 17.5. The van der Waals surface area contributed by atoms with Crippen LogP contribution in [0.2, 0.25) is 5.02 Å². The fraction of sp³-hybridized carbons (Fsp3) is 0.579. The van der Waals surface area contributed by atoms with Gasteiger partial charge in [0.2, 0.25) is 0 Å². The Balaban J connectivity index is 2.13. The van der Waals surface area contributed by atoms with Crippen molar-refractivity contribution in [1.29, 1.82) is 0 Å². The van der Waals surface area contributed by atoms with E-state index in [0.717, 1.165) is 37.6 Å². The van der Waals surface area contributed by atoms with Crippen molar-refractivity contribution in [3.63, 3.8) is 0 Å². The third-order valence-corrected chi connectivity index (χ3v) is 5.00. The van der Waals surface area contributed by atoms with E-state index in [1.165, 1.54) is 11.1 Å². The first-order chi connectivity index (χ1) is 10.5. The second kappa shape index (κ2) is 8.14. The fourth-order valence-corrected chi connectivity index (χ4v) is 3.22. The molecule has 22 heavy (non-hydrogen) atoms.